The molecule has 0 atom stereocenters. The number of rotatable bonds is 23. The molecule has 0 spiro atoms. The molecule has 0 bridgehead atoms. The first kappa shape index (κ1) is 32.0. The topological polar surface area (TPSA) is 136 Å². The fraction of sp³-hybridized carbons (Fsp3) is 0.600. The first-order valence-corrected chi connectivity index (χ1v) is 13.8. The SMILES string of the molecule is Cc1ccc(S(=O)(=O)OCCOCCOCCOCCOCCOCCOCCN2C(=O)C=CC2=O)cc1. The number of benzene rings is 1. The maximum absolute atomic E-state index is 12.0. The summed E-state index contributed by atoms with van der Waals surface area (Å²) in [5.41, 5.74) is 0.969. The van der Waals surface area contributed by atoms with Gasteiger partial charge in [0.2, 0.25) is 0 Å². The summed E-state index contributed by atoms with van der Waals surface area (Å²) >= 11 is 0. The Hall–Kier alpha value is -2.23. The summed E-state index contributed by atoms with van der Waals surface area (Å²) in [6.45, 7) is 6.40. The fourth-order valence-corrected chi connectivity index (χ4v) is 3.88. The van der Waals surface area contributed by atoms with Crippen molar-refractivity contribution in [3.63, 3.8) is 0 Å². The van der Waals surface area contributed by atoms with Crippen LogP contribution in [-0.4, -0.2) is 118 Å². The Morgan fingerprint density at radius 3 is 1.37 bits per heavy atom. The van der Waals surface area contributed by atoms with Gasteiger partial charge in [-0.15, -0.1) is 0 Å². The van der Waals surface area contributed by atoms with E-state index in [0.29, 0.717) is 66.1 Å². The van der Waals surface area contributed by atoms with Gasteiger partial charge in [-0.25, -0.2) is 0 Å². The van der Waals surface area contributed by atoms with E-state index < -0.39 is 10.1 Å². The minimum atomic E-state index is -3.78. The Bertz CT molecular complexity index is 933. The van der Waals surface area contributed by atoms with Crippen molar-refractivity contribution in [1.82, 2.24) is 4.90 Å². The van der Waals surface area contributed by atoms with E-state index in [-0.39, 0.29) is 43.1 Å². The quantitative estimate of drug-likeness (QED) is 0.107. The van der Waals surface area contributed by atoms with Crippen molar-refractivity contribution < 1.29 is 50.6 Å². The molecular weight excluding hydrogens is 522 g/mol. The van der Waals surface area contributed by atoms with Crippen LogP contribution < -0.4 is 0 Å². The molecular formula is C25H37NO11S. The number of carbonyl (C=O) groups excluding carboxylic acids is 2. The number of imide groups is 1. The van der Waals surface area contributed by atoms with Gasteiger partial charge in [0.1, 0.15) is 0 Å². The minimum absolute atomic E-state index is 0.0680. The van der Waals surface area contributed by atoms with E-state index in [0.717, 1.165) is 10.5 Å². The summed E-state index contributed by atoms with van der Waals surface area (Å²) in [6.07, 6.45) is 2.49. The lowest BCUT2D eigenvalue weighted by molar-refractivity contribution is -0.137. The monoisotopic (exact) mass is 559 g/mol. The molecule has 0 radical (unpaired) electrons. The van der Waals surface area contributed by atoms with Crippen molar-refractivity contribution in [2.24, 2.45) is 0 Å². The highest BCUT2D eigenvalue weighted by atomic mass is 32.2. The van der Waals surface area contributed by atoms with Gasteiger partial charge >= 0.3 is 0 Å². The molecule has 0 saturated heterocycles. The van der Waals surface area contributed by atoms with Gasteiger partial charge in [-0.3, -0.25) is 18.7 Å². The van der Waals surface area contributed by atoms with Gasteiger partial charge in [0.05, 0.1) is 97.3 Å². The Morgan fingerprint density at radius 2 is 0.947 bits per heavy atom. The molecule has 38 heavy (non-hydrogen) atoms. The molecule has 13 heteroatoms. The summed E-state index contributed by atoms with van der Waals surface area (Å²) in [5, 5.41) is 0. The van der Waals surface area contributed by atoms with Crippen LogP contribution in [0.15, 0.2) is 41.3 Å². The zero-order chi connectivity index (χ0) is 27.5. The summed E-state index contributed by atoms with van der Waals surface area (Å²) in [6, 6.07) is 6.45. The second-order valence-corrected chi connectivity index (χ2v) is 9.54. The maximum atomic E-state index is 12.0. The molecule has 214 valence electrons. The van der Waals surface area contributed by atoms with E-state index in [1.807, 2.05) is 6.92 Å². The van der Waals surface area contributed by atoms with Crippen LogP contribution in [0.25, 0.3) is 0 Å². The van der Waals surface area contributed by atoms with Gasteiger partial charge in [-0.1, -0.05) is 17.7 Å². The lowest BCUT2D eigenvalue weighted by atomic mass is 10.2. The van der Waals surface area contributed by atoms with Crippen LogP contribution in [0.4, 0.5) is 0 Å². The molecule has 0 unspecified atom stereocenters. The molecule has 2 amide bonds. The zero-order valence-electron chi connectivity index (χ0n) is 21.7. The zero-order valence-corrected chi connectivity index (χ0v) is 22.5. The van der Waals surface area contributed by atoms with E-state index in [2.05, 4.69) is 0 Å². The Kier molecular flexibility index (Phi) is 15.9. The first-order chi connectivity index (χ1) is 18.4. The molecule has 0 aromatic heterocycles. The Morgan fingerprint density at radius 1 is 0.579 bits per heavy atom. The molecule has 1 aromatic rings. The summed E-state index contributed by atoms with van der Waals surface area (Å²) in [7, 11) is -3.78. The van der Waals surface area contributed by atoms with Crippen molar-refractivity contribution in [3.8, 4) is 0 Å². The van der Waals surface area contributed by atoms with Crippen LogP contribution in [0, 0.1) is 6.92 Å². The van der Waals surface area contributed by atoms with Gasteiger partial charge in [0, 0.05) is 12.2 Å². The van der Waals surface area contributed by atoms with Crippen LogP contribution >= 0.6 is 0 Å². The van der Waals surface area contributed by atoms with Crippen molar-refractivity contribution in [2.75, 3.05) is 92.4 Å². The van der Waals surface area contributed by atoms with Crippen molar-refractivity contribution in [1.29, 1.82) is 0 Å². The van der Waals surface area contributed by atoms with Crippen LogP contribution in [0.1, 0.15) is 5.56 Å². The second-order valence-electron chi connectivity index (χ2n) is 7.92. The summed E-state index contributed by atoms with van der Waals surface area (Å²) < 4.78 is 61.2. The summed E-state index contributed by atoms with van der Waals surface area (Å²) in [4.78, 5) is 24.0. The molecule has 0 aliphatic carbocycles. The van der Waals surface area contributed by atoms with Crippen LogP contribution in [-0.2, 0) is 52.3 Å². The molecule has 0 fully saturated rings. The second kappa shape index (κ2) is 18.9. The molecule has 0 N–H and O–H groups in total. The number of hydrogen-bond acceptors (Lipinski definition) is 11. The average Bonchev–Trinajstić information content (AvgIpc) is 3.22. The predicted molar refractivity (Wildman–Crippen MR) is 135 cm³/mol. The highest BCUT2D eigenvalue weighted by molar-refractivity contribution is 7.86. The predicted octanol–water partition coefficient (Wildman–Crippen LogP) is 0.725. The highest BCUT2D eigenvalue weighted by Crippen LogP contribution is 2.12. The fourth-order valence-electron chi connectivity index (χ4n) is 2.98. The van der Waals surface area contributed by atoms with Crippen molar-refractivity contribution in [2.45, 2.75) is 11.8 Å². The van der Waals surface area contributed by atoms with E-state index in [9.17, 15) is 18.0 Å². The molecule has 1 heterocycles. The lowest BCUT2D eigenvalue weighted by Gasteiger charge is -2.13. The van der Waals surface area contributed by atoms with Crippen molar-refractivity contribution >= 4 is 21.9 Å². The molecule has 0 saturated carbocycles. The highest BCUT2D eigenvalue weighted by Gasteiger charge is 2.22. The van der Waals surface area contributed by atoms with E-state index in [4.69, 9.17) is 32.6 Å². The molecule has 12 nitrogen and oxygen atoms in total. The first-order valence-electron chi connectivity index (χ1n) is 12.4. The molecule has 1 aliphatic heterocycles. The number of nitrogens with zero attached hydrogens (tertiary/aromatic N) is 1. The van der Waals surface area contributed by atoms with E-state index in [1.165, 1.54) is 24.3 Å². The summed E-state index contributed by atoms with van der Waals surface area (Å²) in [5.74, 6) is -0.633. The van der Waals surface area contributed by atoms with Gasteiger partial charge in [0.25, 0.3) is 21.9 Å². The van der Waals surface area contributed by atoms with Gasteiger partial charge < -0.3 is 28.4 Å². The third-order valence-corrected chi connectivity index (χ3v) is 6.32. The van der Waals surface area contributed by atoms with Gasteiger partial charge in [-0.2, -0.15) is 8.42 Å². The Labute approximate surface area is 223 Å². The third kappa shape index (κ3) is 13.5. The smallest absolute Gasteiger partial charge is 0.297 e. The largest absolute Gasteiger partial charge is 0.377 e. The number of amides is 2. The molecule has 2 rings (SSSR count). The third-order valence-electron chi connectivity index (χ3n) is 5.00. The average molecular weight is 560 g/mol. The standard InChI is InChI=1S/C25H37NO11S/c1-22-2-4-23(5-3-22)38(29,30)37-21-20-36-19-18-35-17-16-34-15-14-33-13-12-32-11-10-31-9-8-26-24(27)6-7-25(26)28/h2-7H,8-21H2,1H3. The molecule has 1 aromatic carbocycles. The van der Waals surface area contributed by atoms with E-state index >= 15 is 0 Å². The van der Waals surface area contributed by atoms with Crippen LogP contribution in [0.3, 0.4) is 0 Å². The maximum Gasteiger partial charge on any atom is 0.297 e. The number of ether oxygens (including phenoxy) is 6. The van der Waals surface area contributed by atoms with Crippen LogP contribution in [0.2, 0.25) is 0 Å². The number of carbonyl (C=O) groups is 2. The normalized spacial score (nSPS) is 13.7. The van der Waals surface area contributed by atoms with Gasteiger partial charge in [0.15, 0.2) is 0 Å². The van der Waals surface area contributed by atoms with E-state index in [1.54, 1.807) is 12.1 Å². The minimum Gasteiger partial charge on any atom is -0.377 e. The molecule has 1 aliphatic rings. The van der Waals surface area contributed by atoms with Crippen molar-refractivity contribution in [3.05, 3.63) is 42.0 Å². The lowest BCUT2D eigenvalue weighted by Crippen LogP contribution is -2.33. The van der Waals surface area contributed by atoms with Gasteiger partial charge in [-0.05, 0) is 19.1 Å². The Balaban J connectivity index is 1.26. The number of hydrogen-bond donors (Lipinski definition) is 0. The van der Waals surface area contributed by atoms with Crippen LogP contribution in [0.5, 0.6) is 0 Å². The number of aryl methyl sites for hydroxylation is 1.